The van der Waals surface area contributed by atoms with Crippen LogP contribution in [0.3, 0.4) is 0 Å². The van der Waals surface area contributed by atoms with Crippen LogP contribution in [-0.4, -0.2) is 48.6 Å². The minimum absolute atomic E-state index is 0.0116. The Morgan fingerprint density at radius 3 is 2.70 bits per heavy atom. The summed E-state index contributed by atoms with van der Waals surface area (Å²) >= 11 is 5.89. The van der Waals surface area contributed by atoms with Gasteiger partial charge in [0.15, 0.2) is 0 Å². The molecule has 1 heterocycles. The third-order valence-corrected chi connectivity index (χ3v) is 5.65. The van der Waals surface area contributed by atoms with E-state index in [0.29, 0.717) is 13.0 Å². The van der Waals surface area contributed by atoms with Gasteiger partial charge in [0.05, 0.1) is 10.6 Å². The fourth-order valence-electron chi connectivity index (χ4n) is 2.14. The van der Waals surface area contributed by atoms with Gasteiger partial charge in [-0.15, -0.1) is 0 Å². The summed E-state index contributed by atoms with van der Waals surface area (Å²) in [5.41, 5.74) is -0.133. The fourth-order valence-corrected chi connectivity index (χ4v) is 4.17. The SMILES string of the molecule is O=C(O)c1ccc(Cl)c(S(=O)(=O)N2CCC(CO)C2)c1. The van der Waals surface area contributed by atoms with Crippen LogP contribution in [0.5, 0.6) is 0 Å². The number of rotatable bonds is 4. The summed E-state index contributed by atoms with van der Waals surface area (Å²) in [6.45, 7) is 0.433. The van der Waals surface area contributed by atoms with Crippen LogP contribution in [0.4, 0.5) is 0 Å². The average molecular weight is 320 g/mol. The van der Waals surface area contributed by atoms with Crippen LogP contribution in [-0.2, 0) is 10.0 Å². The first-order valence-corrected chi connectivity index (χ1v) is 7.82. The lowest BCUT2D eigenvalue weighted by Gasteiger charge is -2.17. The van der Waals surface area contributed by atoms with E-state index in [9.17, 15) is 13.2 Å². The number of aromatic carboxylic acids is 1. The third kappa shape index (κ3) is 2.80. The number of sulfonamides is 1. The average Bonchev–Trinajstić information content (AvgIpc) is 2.88. The van der Waals surface area contributed by atoms with Crippen molar-refractivity contribution >= 4 is 27.6 Å². The number of nitrogens with zero attached hydrogens (tertiary/aromatic N) is 1. The zero-order chi connectivity index (χ0) is 14.9. The van der Waals surface area contributed by atoms with E-state index in [4.69, 9.17) is 21.8 Å². The smallest absolute Gasteiger partial charge is 0.335 e. The number of hydrogen-bond acceptors (Lipinski definition) is 4. The highest BCUT2D eigenvalue weighted by molar-refractivity contribution is 7.89. The van der Waals surface area contributed by atoms with Crippen molar-refractivity contribution in [2.45, 2.75) is 11.3 Å². The zero-order valence-corrected chi connectivity index (χ0v) is 12.1. The third-order valence-electron chi connectivity index (χ3n) is 3.30. The molecule has 0 aromatic heterocycles. The number of benzene rings is 1. The quantitative estimate of drug-likeness (QED) is 0.864. The van der Waals surface area contributed by atoms with Gasteiger partial charge in [0.2, 0.25) is 10.0 Å². The second kappa shape index (κ2) is 5.69. The van der Waals surface area contributed by atoms with E-state index in [2.05, 4.69) is 0 Å². The zero-order valence-electron chi connectivity index (χ0n) is 10.5. The molecule has 0 aliphatic carbocycles. The normalized spacial score (nSPS) is 20.2. The van der Waals surface area contributed by atoms with Gasteiger partial charge >= 0.3 is 5.97 Å². The van der Waals surface area contributed by atoms with Crippen molar-refractivity contribution in [3.8, 4) is 0 Å². The van der Waals surface area contributed by atoms with Gasteiger partial charge in [-0.3, -0.25) is 0 Å². The fraction of sp³-hybridized carbons (Fsp3) is 0.417. The highest BCUT2D eigenvalue weighted by atomic mass is 35.5. The Morgan fingerprint density at radius 2 is 2.15 bits per heavy atom. The summed E-state index contributed by atoms with van der Waals surface area (Å²) in [6.07, 6.45) is 0.575. The molecule has 1 aromatic carbocycles. The Kier molecular flexibility index (Phi) is 4.33. The van der Waals surface area contributed by atoms with Crippen LogP contribution < -0.4 is 0 Å². The molecule has 110 valence electrons. The van der Waals surface area contributed by atoms with Crippen LogP contribution in [0, 0.1) is 5.92 Å². The number of aliphatic hydroxyl groups excluding tert-OH is 1. The van der Waals surface area contributed by atoms with Crippen molar-refractivity contribution in [1.29, 1.82) is 0 Å². The van der Waals surface area contributed by atoms with Crippen molar-refractivity contribution in [2.24, 2.45) is 5.92 Å². The van der Waals surface area contributed by atoms with Gasteiger partial charge in [0.25, 0.3) is 0 Å². The van der Waals surface area contributed by atoms with Crippen LogP contribution in [0.2, 0.25) is 5.02 Å². The summed E-state index contributed by atoms with van der Waals surface area (Å²) in [5.74, 6) is -1.31. The molecule has 1 atom stereocenters. The topological polar surface area (TPSA) is 94.9 Å². The van der Waals surface area contributed by atoms with Crippen LogP contribution in [0.1, 0.15) is 16.8 Å². The number of carboxylic acids is 1. The molecule has 2 rings (SSSR count). The Labute approximate surface area is 121 Å². The molecule has 1 aliphatic heterocycles. The summed E-state index contributed by atoms with van der Waals surface area (Å²) in [5, 5.41) is 18.0. The van der Waals surface area contributed by atoms with Crippen molar-refractivity contribution in [1.82, 2.24) is 4.31 Å². The van der Waals surface area contributed by atoms with Crippen molar-refractivity contribution in [3.05, 3.63) is 28.8 Å². The molecule has 1 aliphatic rings. The number of halogens is 1. The Hall–Kier alpha value is -1.15. The van der Waals surface area contributed by atoms with Gasteiger partial charge in [-0.05, 0) is 30.5 Å². The summed E-state index contributed by atoms with van der Waals surface area (Å²) in [6, 6.07) is 3.58. The first kappa shape index (κ1) is 15.2. The minimum atomic E-state index is -3.84. The second-order valence-electron chi connectivity index (χ2n) is 4.65. The molecule has 1 unspecified atom stereocenters. The molecule has 0 amide bonds. The Bertz CT molecular complexity index is 631. The predicted molar refractivity (Wildman–Crippen MR) is 72.4 cm³/mol. The van der Waals surface area contributed by atoms with Gasteiger partial charge in [-0.2, -0.15) is 4.31 Å². The van der Waals surface area contributed by atoms with Gasteiger partial charge in [-0.25, -0.2) is 13.2 Å². The summed E-state index contributed by atoms with van der Waals surface area (Å²) in [7, 11) is -3.84. The highest BCUT2D eigenvalue weighted by Gasteiger charge is 2.33. The summed E-state index contributed by atoms with van der Waals surface area (Å²) in [4.78, 5) is 10.7. The lowest BCUT2D eigenvalue weighted by Crippen LogP contribution is -2.29. The molecule has 1 aromatic rings. The van der Waals surface area contributed by atoms with Gasteiger partial charge in [0, 0.05) is 19.7 Å². The van der Waals surface area contributed by atoms with E-state index in [1.54, 1.807) is 0 Å². The molecule has 0 radical (unpaired) electrons. The first-order valence-electron chi connectivity index (χ1n) is 6.00. The molecule has 20 heavy (non-hydrogen) atoms. The monoisotopic (exact) mass is 319 g/mol. The van der Waals surface area contributed by atoms with Gasteiger partial charge in [-0.1, -0.05) is 11.6 Å². The van der Waals surface area contributed by atoms with E-state index in [0.717, 1.165) is 6.07 Å². The number of carbonyl (C=O) groups is 1. The predicted octanol–water partition coefficient (Wildman–Crippen LogP) is 1.04. The maximum Gasteiger partial charge on any atom is 0.335 e. The number of aliphatic hydroxyl groups is 1. The maximum absolute atomic E-state index is 12.5. The molecule has 0 spiro atoms. The van der Waals surface area contributed by atoms with Gasteiger partial charge < -0.3 is 10.2 Å². The summed E-state index contributed by atoms with van der Waals surface area (Å²) < 4.78 is 26.1. The van der Waals surface area contributed by atoms with E-state index < -0.39 is 16.0 Å². The lowest BCUT2D eigenvalue weighted by atomic mass is 10.1. The lowest BCUT2D eigenvalue weighted by molar-refractivity contribution is 0.0696. The van der Waals surface area contributed by atoms with Crippen LogP contribution in [0.15, 0.2) is 23.1 Å². The molecule has 6 nitrogen and oxygen atoms in total. The molecular weight excluding hydrogens is 306 g/mol. The van der Waals surface area contributed by atoms with Gasteiger partial charge in [0.1, 0.15) is 4.90 Å². The second-order valence-corrected chi connectivity index (χ2v) is 6.96. The van der Waals surface area contributed by atoms with Crippen LogP contribution in [0.25, 0.3) is 0 Å². The molecule has 1 fully saturated rings. The number of hydrogen-bond donors (Lipinski definition) is 2. The van der Waals surface area contributed by atoms with E-state index in [1.807, 2.05) is 0 Å². The molecule has 8 heteroatoms. The van der Waals surface area contributed by atoms with E-state index in [-0.39, 0.29) is 34.6 Å². The maximum atomic E-state index is 12.5. The Balaban J connectivity index is 2.39. The largest absolute Gasteiger partial charge is 0.478 e. The van der Waals surface area contributed by atoms with Crippen LogP contribution >= 0.6 is 11.6 Å². The number of carboxylic acid groups (broad SMARTS) is 1. The highest BCUT2D eigenvalue weighted by Crippen LogP contribution is 2.29. The first-order chi connectivity index (χ1) is 9.36. The van der Waals surface area contributed by atoms with Crippen molar-refractivity contribution < 1.29 is 23.4 Å². The molecule has 0 saturated carbocycles. The molecular formula is C12H14ClNO5S. The van der Waals surface area contributed by atoms with E-state index >= 15 is 0 Å². The molecule has 2 N–H and O–H groups in total. The standard InChI is InChI=1S/C12H14ClNO5S/c13-10-2-1-9(12(16)17)5-11(10)20(18,19)14-4-3-8(6-14)7-15/h1-2,5,8,15H,3-4,6-7H2,(H,16,17). The molecule has 0 bridgehead atoms. The van der Waals surface area contributed by atoms with E-state index in [1.165, 1.54) is 16.4 Å². The van der Waals surface area contributed by atoms with Crippen molar-refractivity contribution in [3.63, 3.8) is 0 Å². The van der Waals surface area contributed by atoms with Crippen molar-refractivity contribution in [2.75, 3.05) is 19.7 Å². The molecule has 1 saturated heterocycles. The minimum Gasteiger partial charge on any atom is -0.478 e. The Morgan fingerprint density at radius 1 is 1.45 bits per heavy atom.